The minimum atomic E-state index is -3.78. The Morgan fingerprint density at radius 3 is 2.43 bits per heavy atom. The topological polar surface area (TPSA) is 71.1 Å². The lowest BCUT2D eigenvalue weighted by Gasteiger charge is -2.31. The second-order valence-electron chi connectivity index (χ2n) is 6.86. The van der Waals surface area contributed by atoms with E-state index in [1.807, 2.05) is 12.1 Å². The van der Waals surface area contributed by atoms with Gasteiger partial charge in [0.1, 0.15) is 16.4 Å². The second kappa shape index (κ2) is 7.52. The van der Waals surface area contributed by atoms with Crippen LogP contribution in [0.5, 0.6) is 11.5 Å². The van der Waals surface area contributed by atoms with Crippen LogP contribution in [0.1, 0.15) is 5.56 Å². The number of hydrogen-bond acceptors (Lipinski definition) is 6. The van der Waals surface area contributed by atoms with Gasteiger partial charge in [-0.25, -0.2) is 8.42 Å². The van der Waals surface area contributed by atoms with Gasteiger partial charge in [0.15, 0.2) is 0 Å². The molecular formula is C20H25N3O4S. The molecule has 1 N–H and O–H groups in total. The summed E-state index contributed by atoms with van der Waals surface area (Å²) < 4.78 is 39.0. The fraction of sp³-hybridized carbons (Fsp3) is 0.400. The van der Waals surface area contributed by atoms with Crippen molar-refractivity contribution in [1.82, 2.24) is 5.32 Å². The molecule has 2 aliphatic rings. The molecule has 2 aromatic rings. The van der Waals surface area contributed by atoms with Gasteiger partial charge < -0.3 is 19.7 Å². The molecule has 0 aliphatic carbocycles. The summed E-state index contributed by atoms with van der Waals surface area (Å²) in [5.74, 6) is 0.792. The lowest BCUT2D eigenvalue weighted by molar-refractivity contribution is 0.392. The van der Waals surface area contributed by atoms with E-state index in [4.69, 9.17) is 9.47 Å². The standard InChI is InChI=1S/C20H25N3O4S/c1-26-15-6-7-19(27-2)20(14-15)28(24,25)23-11-8-16-17(4-3-5-18(16)23)22-12-9-21-10-13-22/h3-7,14,21H,8-13H2,1-2H3. The average molecular weight is 404 g/mol. The smallest absolute Gasteiger partial charge is 0.268 e. The number of hydrogen-bond donors (Lipinski definition) is 1. The number of piperazine rings is 1. The molecule has 4 rings (SSSR count). The summed E-state index contributed by atoms with van der Waals surface area (Å²) in [5, 5.41) is 3.36. The van der Waals surface area contributed by atoms with E-state index in [0.717, 1.165) is 43.1 Å². The molecule has 0 unspecified atom stereocenters. The summed E-state index contributed by atoms with van der Waals surface area (Å²) in [6, 6.07) is 10.8. The number of sulfonamides is 1. The normalized spacial score (nSPS) is 16.8. The van der Waals surface area contributed by atoms with Gasteiger partial charge in [-0.2, -0.15) is 0 Å². The molecule has 1 saturated heterocycles. The molecule has 0 spiro atoms. The van der Waals surface area contributed by atoms with E-state index in [2.05, 4.69) is 16.3 Å². The molecule has 2 heterocycles. The van der Waals surface area contributed by atoms with Crippen LogP contribution in [-0.4, -0.2) is 55.4 Å². The first-order valence-electron chi connectivity index (χ1n) is 9.38. The molecule has 7 nitrogen and oxygen atoms in total. The first-order chi connectivity index (χ1) is 13.6. The predicted molar refractivity (Wildman–Crippen MR) is 109 cm³/mol. The van der Waals surface area contributed by atoms with Crippen molar-refractivity contribution in [2.45, 2.75) is 11.3 Å². The summed E-state index contributed by atoms with van der Waals surface area (Å²) >= 11 is 0. The van der Waals surface area contributed by atoms with Crippen molar-refractivity contribution < 1.29 is 17.9 Å². The number of rotatable bonds is 5. The predicted octanol–water partition coefficient (Wildman–Crippen LogP) is 1.86. The van der Waals surface area contributed by atoms with Crippen molar-refractivity contribution in [3.8, 4) is 11.5 Å². The van der Waals surface area contributed by atoms with Gasteiger partial charge in [-0.3, -0.25) is 4.31 Å². The molecule has 2 aliphatic heterocycles. The molecule has 8 heteroatoms. The average Bonchev–Trinajstić information content (AvgIpc) is 3.19. The fourth-order valence-corrected chi connectivity index (χ4v) is 5.61. The van der Waals surface area contributed by atoms with Crippen LogP contribution in [0.4, 0.5) is 11.4 Å². The zero-order valence-corrected chi connectivity index (χ0v) is 17.0. The van der Waals surface area contributed by atoms with Crippen LogP contribution in [0, 0.1) is 0 Å². The molecule has 0 bridgehead atoms. The van der Waals surface area contributed by atoms with Crippen LogP contribution in [0.3, 0.4) is 0 Å². The number of methoxy groups -OCH3 is 2. The van der Waals surface area contributed by atoms with Gasteiger partial charge in [-0.1, -0.05) is 6.07 Å². The van der Waals surface area contributed by atoms with Gasteiger partial charge in [0, 0.05) is 50.0 Å². The molecule has 0 saturated carbocycles. The van der Waals surface area contributed by atoms with Crippen molar-refractivity contribution in [3.05, 3.63) is 42.0 Å². The maximum atomic E-state index is 13.5. The summed E-state index contributed by atoms with van der Waals surface area (Å²) in [6.07, 6.45) is 0.695. The van der Waals surface area contributed by atoms with Crippen molar-refractivity contribution in [2.75, 3.05) is 56.1 Å². The van der Waals surface area contributed by atoms with Gasteiger partial charge in [0.25, 0.3) is 10.0 Å². The van der Waals surface area contributed by atoms with Crippen LogP contribution in [-0.2, 0) is 16.4 Å². The van der Waals surface area contributed by atoms with Gasteiger partial charge in [0.05, 0.1) is 19.9 Å². The molecule has 0 aromatic heterocycles. The van der Waals surface area contributed by atoms with Crippen LogP contribution in [0.15, 0.2) is 41.3 Å². The van der Waals surface area contributed by atoms with E-state index in [9.17, 15) is 8.42 Å². The number of fused-ring (bicyclic) bond motifs is 1. The molecule has 0 amide bonds. The largest absolute Gasteiger partial charge is 0.497 e. The van der Waals surface area contributed by atoms with Gasteiger partial charge >= 0.3 is 0 Å². The lowest BCUT2D eigenvalue weighted by atomic mass is 10.1. The number of nitrogens with one attached hydrogen (secondary N) is 1. The number of benzene rings is 2. The minimum Gasteiger partial charge on any atom is -0.497 e. The van der Waals surface area contributed by atoms with Crippen molar-refractivity contribution in [1.29, 1.82) is 0 Å². The molecule has 0 radical (unpaired) electrons. The zero-order chi connectivity index (χ0) is 19.7. The maximum absolute atomic E-state index is 13.5. The first kappa shape index (κ1) is 18.9. The third-order valence-electron chi connectivity index (χ3n) is 5.36. The lowest BCUT2D eigenvalue weighted by Crippen LogP contribution is -2.43. The molecular weight excluding hydrogens is 378 g/mol. The number of ether oxygens (including phenoxy) is 2. The molecule has 28 heavy (non-hydrogen) atoms. The van der Waals surface area contributed by atoms with Crippen LogP contribution in [0.25, 0.3) is 0 Å². The third-order valence-corrected chi connectivity index (χ3v) is 7.19. The summed E-state index contributed by atoms with van der Waals surface area (Å²) in [6.45, 7) is 4.14. The highest BCUT2D eigenvalue weighted by molar-refractivity contribution is 7.93. The third kappa shape index (κ3) is 3.16. The Labute approximate surface area is 165 Å². The van der Waals surface area contributed by atoms with Crippen LogP contribution in [0.2, 0.25) is 0 Å². The Kier molecular flexibility index (Phi) is 5.07. The van der Waals surface area contributed by atoms with E-state index in [1.165, 1.54) is 24.6 Å². The van der Waals surface area contributed by atoms with Crippen molar-refractivity contribution >= 4 is 21.4 Å². The highest BCUT2D eigenvalue weighted by Crippen LogP contribution is 2.40. The summed E-state index contributed by atoms with van der Waals surface area (Å²) in [4.78, 5) is 2.45. The summed E-state index contributed by atoms with van der Waals surface area (Å²) in [5.41, 5.74) is 2.98. The Morgan fingerprint density at radius 2 is 1.71 bits per heavy atom. The van der Waals surface area contributed by atoms with Gasteiger partial charge in [-0.15, -0.1) is 0 Å². The number of nitrogens with zero attached hydrogens (tertiary/aromatic N) is 2. The Morgan fingerprint density at radius 1 is 0.964 bits per heavy atom. The molecule has 1 fully saturated rings. The van der Waals surface area contributed by atoms with Crippen LogP contribution >= 0.6 is 0 Å². The quantitative estimate of drug-likeness (QED) is 0.822. The van der Waals surface area contributed by atoms with E-state index in [-0.39, 0.29) is 4.90 Å². The highest BCUT2D eigenvalue weighted by Gasteiger charge is 2.35. The molecule has 0 atom stereocenters. The van der Waals surface area contributed by atoms with E-state index >= 15 is 0 Å². The highest BCUT2D eigenvalue weighted by atomic mass is 32.2. The second-order valence-corrected chi connectivity index (χ2v) is 8.69. The maximum Gasteiger partial charge on any atom is 0.268 e. The Bertz CT molecular complexity index is 971. The fourth-order valence-electron chi connectivity index (χ4n) is 3.94. The van der Waals surface area contributed by atoms with Gasteiger partial charge in [0.2, 0.25) is 0 Å². The monoisotopic (exact) mass is 403 g/mol. The van der Waals surface area contributed by atoms with Crippen molar-refractivity contribution in [3.63, 3.8) is 0 Å². The van der Waals surface area contributed by atoms with E-state index < -0.39 is 10.0 Å². The molecule has 150 valence electrons. The SMILES string of the molecule is COc1ccc(OC)c(S(=O)(=O)N2CCc3c(N4CCNCC4)cccc32)c1. The Balaban J connectivity index is 1.75. The summed E-state index contributed by atoms with van der Waals surface area (Å²) in [7, 11) is -0.787. The minimum absolute atomic E-state index is 0.120. The Hall–Kier alpha value is -2.45. The molecule has 2 aromatic carbocycles. The van der Waals surface area contributed by atoms with E-state index in [1.54, 1.807) is 12.1 Å². The zero-order valence-electron chi connectivity index (χ0n) is 16.1. The number of anilines is 2. The van der Waals surface area contributed by atoms with Crippen molar-refractivity contribution in [2.24, 2.45) is 0 Å². The first-order valence-corrected chi connectivity index (χ1v) is 10.8. The van der Waals surface area contributed by atoms with Crippen LogP contribution < -0.4 is 24.0 Å². The van der Waals surface area contributed by atoms with E-state index in [0.29, 0.717) is 24.5 Å². The van der Waals surface area contributed by atoms with Gasteiger partial charge in [-0.05, 0) is 30.7 Å².